The van der Waals surface area contributed by atoms with Crippen LogP contribution in [0.15, 0.2) is 31.0 Å². The molecule has 132 valence electrons. The Morgan fingerprint density at radius 3 is 3.04 bits per heavy atom. The van der Waals surface area contributed by atoms with Gasteiger partial charge in [0.2, 0.25) is 0 Å². The van der Waals surface area contributed by atoms with Crippen LogP contribution >= 0.6 is 11.3 Å². The Hall–Kier alpha value is -3.27. The molecule has 0 aliphatic carbocycles. The number of aromatic amines is 1. The fraction of sp³-hybridized carbons (Fsp3) is 0.188. The number of hydrogen-bond acceptors (Lipinski definition) is 6. The SMILES string of the molecule is Cn1c(C(=O)NCc2ccn[nH]2)c(C=N)c2sc(Cn3ccnc3)nc21. The molecule has 0 saturated carbocycles. The maximum atomic E-state index is 12.6. The molecule has 0 aromatic carbocycles. The van der Waals surface area contributed by atoms with Crippen molar-refractivity contribution in [2.24, 2.45) is 7.05 Å². The normalized spacial score (nSPS) is 11.1. The number of H-pyrrole nitrogens is 1. The van der Waals surface area contributed by atoms with E-state index in [1.807, 2.05) is 10.8 Å². The van der Waals surface area contributed by atoms with Gasteiger partial charge in [-0.25, -0.2) is 9.97 Å². The third-order valence-corrected chi connectivity index (χ3v) is 5.10. The smallest absolute Gasteiger partial charge is 0.269 e. The lowest BCUT2D eigenvalue weighted by Crippen LogP contribution is -2.26. The number of rotatable bonds is 6. The lowest BCUT2D eigenvalue weighted by atomic mass is 10.2. The minimum absolute atomic E-state index is 0.248. The Labute approximate surface area is 152 Å². The number of imidazole rings is 1. The number of thiazole rings is 1. The zero-order chi connectivity index (χ0) is 18.1. The standard InChI is InChI=1S/C16H16N8OS/c1-23-13(16(25)19-7-10-2-3-20-22-10)11(6-17)14-15(23)21-12(26-14)8-24-5-4-18-9-24/h2-6,9,17H,7-8H2,1H3,(H,19,25)(H,20,22). The van der Waals surface area contributed by atoms with Gasteiger partial charge in [0.25, 0.3) is 5.91 Å². The number of fused-ring (bicyclic) bond motifs is 1. The fourth-order valence-electron chi connectivity index (χ4n) is 2.81. The molecule has 0 atom stereocenters. The molecular weight excluding hydrogens is 352 g/mol. The highest BCUT2D eigenvalue weighted by Gasteiger charge is 2.23. The van der Waals surface area contributed by atoms with Gasteiger partial charge < -0.3 is 19.9 Å². The second-order valence-corrected chi connectivity index (χ2v) is 6.81. The highest BCUT2D eigenvalue weighted by Crippen LogP contribution is 2.30. The molecule has 10 heteroatoms. The summed E-state index contributed by atoms with van der Waals surface area (Å²) in [5, 5.41) is 18.2. The summed E-state index contributed by atoms with van der Waals surface area (Å²) in [4.78, 5) is 21.3. The number of nitrogens with one attached hydrogen (secondary N) is 3. The van der Waals surface area contributed by atoms with E-state index in [9.17, 15) is 4.79 Å². The lowest BCUT2D eigenvalue weighted by Gasteiger charge is -2.06. The summed E-state index contributed by atoms with van der Waals surface area (Å²) in [5.74, 6) is -0.248. The Morgan fingerprint density at radius 1 is 1.46 bits per heavy atom. The molecule has 9 nitrogen and oxygen atoms in total. The molecule has 4 aromatic rings. The Balaban J connectivity index is 1.64. The molecule has 4 rings (SSSR count). The first kappa shape index (κ1) is 16.2. The van der Waals surface area contributed by atoms with Gasteiger partial charge in [-0.1, -0.05) is 0 Å². The van der Waals surface area contributed by atoms with Crippen molar-refractivity contribution in [1.29, 1.82) is 5.41 Å². The molecule has 0 spiro atoms. The molecule has 26 heavy (non-hydrogen) atoms. The quantitative estimate of drug-likeness (QED) is 0.447. The summed E-state index contributed by atoms with van der Waals surface area (Å²) in [6.45, 7) is 0.951. The Kier molecular flexibility index (Phi) is 4.09. The maximum absolute atomic E-state index is 12.6. The molecule has 0 fully saturated rings. The summed E-state index contributed by atoms with van der Waals surface area (Å²) >= 11 is 1.49. The first-order valence-electron chi connectivity index (χ1n) is 7.88. The van der Waals surface area contributed by atoms with E-state index < -0.39 is 0 Å². The molecule has 4 aromatic heterocycles. The molecule has 1 amide bonds. The lowest BCUT2D eigenvalue weighted by molar-refractivity contribution is 0.0942. The van der Waals surface area contributed by atoms with Crippen LogP contribution in [0.4, 0.5) is 0 Å². The second-order valence-electron chi connectivity index (χ2n) is 5.73. The van der Waals surface area contributed by atoms with E-state index in [2.05, 4.69) is 25.5 Å². The monoisotopic (exact) mass is 368 g/mol. The van der Waals surface area contributed by atoms with Gasteiger partial charge in [-0.2, -0.15) is 5.10 Å². The average molecular weight is 368 g/mol. The van der Waals surface area contributed by atoms with Crippen LogP contribution in [0.3, 0.4) is 0 Å². The van der Waals surface area contributed by atoms with Crippen molar-refractivity contribution in [3.8, 4) is 0 Å². The van der Waals surface area contributed by atoms with Gasteiger partial charge in [0.05, 0.1) is 29.8 Å². The average Bonchev–Trinajstić information content (AvgIpc) is 3.40. The van der Waals surface area contributed by atoms with Crippen molar-refractivity contribution < 1.29 is 4.79 Å². The highest BCUT2D eigenvalue weighted by molar-refractivity contribution is 7.19. The number of aryl methyl sites for hydroxylation is 1. The first-order valence-corrected chi connectivity index (χ1v) is 8.69. The van der Waals surface area contributed by atoms with E-state index in [4.69, 9.17) is 5.41 Å². The number of hydrogen-bond donors (Lipinski definition) is 3. The van der Waals surface area contributed by atoms with Gasteiger partial charge in [0.15, 0.2) is 5.65 Å². The van der Waals surface area contributed by atoms with Crippen molar-refractivity contribution in [3.05, 3.63) is 52.9 Å². The van der Waals surface area contributed by atoms with Crippen LogP contribution in [0.5, 0.6) is 0 Å². The van der Waals surface area contributed by atoms with Gasteiger partial charge >= 0.3 is 0 Å². The maximum Gasteiger partial charge on any atom is 0.269 e. The molecule has 0 aliphatic heterocycles. The fourth-order valence-corrected chi connectivity index (χ4v) is 3.93. The van der Waals surface area contributed by atoms with Crippen LogP contribution < -0.4 is 5.32 Å². The summed E-state index contributed by atoms with van der Waals surface area (Å²) < 4.78 is 4.51. The minimum atomic E-state index is -0.248. The summed E-state index contributed by atoms with van der Waals surface area (Å²) in [6.07, 6.45) is 8.18. The minimum Gasteiger partial charge on any atom is -0.345 e. The zero-order valence-electron chi connectivity index (χ0n) is 13.9. The van der Waals surface area contributed by atoms with Crippen molar-refractivity contribution in [3.63, 3.8) is 0 Å². The Bertz CT molecular complexity index is 1060. The van der Waals surface area contributed by atoms with Crippen LogP contribution in [-0.4, -0.2) is 41.4 Å². The van der Waals surface area contributed by atoms with E-state index in [1.54, 1.807) is 36.4 Å². The molecule has 0 saturated heterocycles. The molecule has 3 N–H and O–H groups in total. The molecule has 0 unspecified atom stereocenters. The van der Waals surface area contributed by atoms with Gasteiger partial charge in [-0.3, -0.25) is 9.89 Å². The topological polar surface area (TPSA) is 117 Å². The third-order valence-electron chi connectivity index (χ3n) is 4.04. The molecule has 0 bridgehead atoms. The van der Waals surface area contributed by atoms with Crippen molar-refractivity contribution in [1.82, 2.24) is 34.6 Å². The number of carbonyl (C=O) groups excluding carboxylic acids is 1. The van der Waals surface area contributed by atoms with Crippen LogP contribution in [0, 0.1) is 5.41 Å². The van der Waals surface area contributed by atoms with Crippen LogP contribution in [0.2, 0.25) is 0 Å². The van der Waals surface area contributed by atoms with E-state index in [-0.39, 0.29) is 5.91 Å². The number of aromatic nitrogens is 6. The number of amides is 1. The van der Waals surface area contributed by atoms with E-state index >= 15 is 0 Å². The predicted octanol–water partition coefficient (Wildman–Crippen LogP) is 1.53. The van der Waals surface area contributed by atoms with Gasteiger partial charge in [0, 0.05) is 37.4 Å². The predicted molar refractivity (Wildman–Crippen MR) is 97.6 cm³/mol. The summed E-state index contributed by atoms with van der Waals surface area (Å²) in [5.41, 5.74) is 2.53. The van der Waals surface area contributed by atoms with Gasteiger partial charge in [-0.05, 0) is 6.07 Å². The first-order chi connectivity index (χ1) is 12.7. The Morgan fingerprint density at radius 2 is 2.35 bits per heavy atom. The van der Waals surface area contributed by atoms with Crippen LogP contribution in [0.1, 0.15) is 26.8 Å². The zero-order valence-corrected chi connectivity index (χ0v) is 14.7. The van der Waals surface area contributed by atoms with E-state index in [0.717, 1.165) is 15.4 Å². The van der Waals surface area contributed by atoms with Gasteiger partial charge in [-0.15, -0.1) is 11.3 Å². The molecule has 4 heterocycles. The highest BCUT2D eigenvalue weighted by atomic mass is 32.1. The van der Waals surface area contributed by atoms with Crippen LogP contribution in [-0.2, 0) is 20.1 Å². The second kappa shape index (κ2) is 6.56. The molecule has 0 aliphatic rings. The summed E-state index contributed by atoms with van der Waals surface area (Å²) in [7, 11) is 1.79. The number of carbonyl (C=O) groups is 1. The van der Waals surface area contributed by atoms with E-state index in [0.29, 0.717) is 30.0 Å². The molecular formula is C16H16N8OS. The molecule has 0 radical (unpaired) electrons. The third kappa shape index (κ3) is 2.80. The largest absolute Gasteiger partial charge is 0.345 e. The van der Waals surface area contributed by atoms with Crippen molar-refractivity contribution >= 4 is 33.8 Å². The van der Waals surface area contributed by atoms with E-state index in [1.165, 1.54) is 17.6 Å². The van der Waals surface area contributed by atoms with Crippen molar-refractivity contribution in [2.45, 2.75) is 13.1 Å². The van der Waals surface area contributed by atoms with Gasteiger partial charge in [0.1, 0.15) is 10.7 Å². The van der Waals surface area contributed by atoms with Crippen LogP contribution in [0.25, 0.3) is 10.3 Å². The van der Waals surface area contributed by atoms with Crippen molar-refractivity contribution in [2.75, 3.05) is 0 Å². The number of nitrogens with zero attached hydrogens (tertiary/aromatic N) is 5. The summed E-state index contributed by atoms with van der Waals surface area (Å²) in [6, 6.07) is 1.80.